The second kappa shape index (κ2) is 12.1. The molecule has 0 saturated heterocycles. The maximum absolute atomic E-state index is 6.98. The second-order valence-corrected chi connectivity index (χ2v) is 13.2. The van der Waals surface area contributed by atoms with Crippen LogP contribution in [0.15, 0.2) is 198 Å². The Hall–Kier alpha value is -6.58. The fraction of sp³-hybridized carbons (Fsp3) is 0.0417. The molecule has 3 heteroatoms. The number of fused-ring (bicyclic) bond motifs is 6. The van der Waals surface area contributed by atoms with Crippen molar-refractivity contribution in [1.82, 2.24) is 0 Å². The number of furan rings is 1. The standard InChI is InChI=1S/C48H33NO2/c1-4-12-32(13-5-1)34-20-24-37(25-21-34)49(38-26-22-35(23-27-38)33-14-6-2-7-15-33)39-28-29-40-42-31-45-47(41-18-10-11-19-43(41)50-45)46(36-16-8-3-9-17-36)48(42)51-44(40)30-39/h1-28,30-31,40H,29H2. The summed E-state index contributed by atoms with van der Waals surface area (Å²) in [5, 5.41) is 2.20. The van der Waals surface area contributed by atoms with Gasteiger partial charge in [0.1, 0.15) is 22.7 Å². The van der Waals surface area contributed by atoms with Crippen molar-refractivity contribution in [3.8, 4) is 39.1 Å². The van der Waals surface area contributed by atoms with Gasteiger partial charge in [-0.1, -0.05) is 140 Å². The van der Waals surface area contributed by atoms with E-state index in [1.54, 1.807) is 0 Å². The number of para-hydroxylation sites is 1. The van der Waals surface area contributed by atoms with Crippen LogP contribution in [-0.2, 0) is 0 Å². The minimum absolute atomic E-state index is 0.103. The Morgan fingerprint density at radius 1 is 0.510 bits per heavy atom. The number of benzene rings is 7. The number of allylic oxidation sites excluding steroid dienone is 3. The first-order valence-corrected chi connectivity index (χ1v) is 17.5. The van der Waals surface area contributed by atoms with Crippen LogP contribution in [0.2, 0.25) is 0 Å². The number of ether oxygens (including phenoxy) is 1. The molecule has 1 aromatic heterocycles. The van der Waals surface area contributed by atoms with E-state index in [2.05, 4.69) is 175 Å². The summed E-state index contributed by atoms with van der Waals surface area (Å²) in [7, 11) is 0. The van der Waals surface area contributed by atoms with E-state index in [1.807, 2.05) is 12.1 Å². The molecule has 1 aliphatic carbocycles. The molecule has 0 saturated carbocycles. The molecular weight excluding hydrogens is 623 g/mol. The molecule has 2 aliphatic rings. The van der Waals surface area contributed by atoms with E-state index < -0.39 is 0 Å². The largest absolute Gasteiger partial charge is 0.460 e. The first-order chi connectivity index (χ1) is 25.3. The Labute approximate surface area is 297 Å². The maximum atomic E-state index is 6.98. The Bertz CT molecular complexity index is 2520. The van der Waals surface area contributed by atoms with Crippen molar-refractivity contribution in [2.45, 2.75) is 12.3 Å². The highest BCUT2D eigenvalue weighted by molar-refractivity contribution is 6.14. The molecule has 1 atom stereocenters. The zero-order valence-corrected chi connectivity index (χ0v) is 27.9. The van der Waals surface area contributed by atoms with Crippen LogP contribution in [0.4, 0.5) is 11.4 Å². The summed E-state index contributed by atoms with van der Waals surface area (Å²) >= 11 is 0. The predicted octanol–water partition coefficient (Wildman–Crippen LogP) is 13.1. The van der Waals surface area contributed by atoms with E-state index in [4.69, 9.17) is 9.15 Å². The van der Waals surface area contributed by atoms with Gasteiger partial charge in [-0.25, -0.2) is 0 Å². The quantitative estimate of drug-likeness (QED) is 0.178. The van der Waals surface area contributed by atoms with Gasteiger partial charge in [0.2, 0.25) is 0 Å². The van der Waals surface area contributed by atoms with Crippen LogP contribution >= 0.6 is 0 Å². The first-order valence-electron chi connectivity index (χ1n) is 17.5. The fourth-order valence-corrected chi connectivity index (χ4v) is 7.77. The van der Waals surface area contributed by atoms with Crippen molar-refractivity contribution < 1.29 is 9.15 Å². The van der Waals surface area contributed by atoms with Crippen LogP contribution < -0.4 is 9.64 Å². The number of nitrogens with zero attached hydrogens (tertiary/aromatic N) is 1. The third kappa shape index (κ3) is 5.05. The third-order valence-electron chi connectivity index (χ3n) is 10.2. The van der Waals surface area contributed by atoms with Crippen LogP contribution in [0, 0.1) is 0 Å². The Morgan fingerprint density at radius 2 is 1.04 bits per heavy atom. The van der Waals surface area contributed by atoms with E-state index >= 15 is 0 Å². The Morgan fingerprint density at radius 3 is 1.65 bits per heavy atom. The summed E-state index contributed by atoms with van der Waals surface area (Å²) in [6.07, 6.45) is 5.40. The van der Waals surface area contributed by atoms with Crippen LogP contribution in [-0.4, -0.2) is 0 Å². The lowest BCUT2D eigenvalue weighted by molar-refractivity contribution is 0.425. The predicted molar refractivity (Wildman–Crippen MR) is 209 cm³/mol. The molecule has 1 aliphatic heterocycles. The zero-order valence-electron chi connectivity index (χ0n) is 27.9. The van der Waals surface area contributed by atoms with Crippen molar-refractivity contribution in [1.29, 1.82) is 0 Å². The SMILES string of the molecule is C1=C2Oc3c(cc4oc5ccccc5c4c3-c3ccccc3)C2CC=C1N(c1ccc(-c2ccccc2)cc1)c1ccc(-c2ccccc2)cc1. The lowest BCUT2D eigenvalue weighted by Gasteiger charge is -2.29. The highest BCUT2D eigenvalue weighted by atomic mass is 16.5. The smallest absolute Gasteiger partial charge is 0.139 e. The van der Waals surface area contributed by atoms with Crippen molar-refractivity contribution in [2.24, 2.45) is 0 Å². The molecule has 2 heterocycles. The molecular formula is C48H33NO2. The molecule has 0 N–H and O–H groups in total. The van der Waals surface area contributed by atoms with Gasteiger partial charge in [0.05, 0.1) is 0 Å². The van der Waals surface area contributed by atoms with Gasteiger partial charge in [-0.05, 0) is 70.6 Å². The summed E-state index contributed by atoms with van der Waals surface area (Å²) in [5.41, 5.74) is 13.2. The Kier molecular flexibility index (Phi) is 6.95. The highest BCUT2D eigenvalue weighted by Crippen LogP contribution is 2.54. The summed E-state index contributed by atoms with van der Waals surface area (Å²) in [4.78, 5) is 2.34. The van der Waals surface area contributed by atoms with Crippen molar-refractivity contribution in [3.05, 3.63) is 199 Å². The van der Waals surface area contributed by atoms with E-state index in [0.717, 1.165) is 68.1 Å². The number of rotatable bonds is 6. The van der Waals surface area contributed by atoms with Gasteiger partial charge in [0.15, 0.2) is 0 Å². The number of hydrogen-bond acceptors (Lipinski definition) is 3. The van der Waals surface area contributed by atoms with Gasteiger partial charge >= 0.3 is 0 Å². The van der Waals surface area contributed by atoms with Crippen LogP contribution in [0.1, 0.15) is 17.9 Å². The molecule has 0 bridgehead atoms. The van der Waals surface area contributed by atoms with Crippen molar-refractivity contribution >= 4 is 33.3 Å². The van der Waals surface area contributed by atoms with Gasteiger partial charge < -0.3 is 14.1 Å². The first kappa shape index (κ1) is 29.3. The van der Waals surface area contributed by atoms with Gasteiger partial charge in [-0.15, -0.1) is 0 Å². The average Bonchev–Trinajstić information content (AvgIpc) is 3.76. The van der Waals surface area contributed by atoms with Gasteiger partial charge in [-0.3, -0.25) is 0 Å². The van der Waals surface area contributed by atoms with Crippen LogP contribution in [0.3, 0.4) is 0 Å². The molecule has 8 aromatic rings. The van der Waals surface area contributed by atoms with Gasteiger partial charge in [-0.2, -0.15) is 0 Å². The molecule has 0 radical (unpaired) electrons. The summed E-state index contributed by atoms with van der Waals surface area (Å²) in [5.74, 6) is 1.99. The number of hydrogen-bond donors (Lipinski definition) is 0. The maximum Gasteiger partial charge on any atom is 0.139 e. The lowest BCUT2D eigenvalue weighted by atomic mass is 9.87. The second-order valence-electron chi connectivity index (χ2n) is 13.2. The molecule has 1 unspecified atom stereocenters. The average molecular weight is 656 g/mol. The monoisotopic (exact) mass is 655 g/mol. The molecule has 0 spiro atoms. The molecule has 3 nitrogen and oxygen atoms in total. The van der Waals surface area contributed by atoms with Crippen LogP contribution in [0.5, 0.6) is 5.75 Å². The van der Waals surface area contributed by atoms with Crippen molar-refractivity contribution in [2.75, 3.05) is 4.90 Å². The van der Waals surface area contributed by atoms with Crippen molar-refractivity contribution in [3.63, 3.8) is 0 Å². The molecule has 10 rings (SSSR count). The van der Waals surface area contributed by atoms with Crippen LogP contribution in [0.25, 0.3) is 55.3 Å². The zero-order chi connectivity index (χ0) is 33.7. The van der Waals surface area contributed by atoms with E-state index in [9.17, 15) is 0 Å². The molecule has 51 heavy (non-hydrogen) atoms. The molecule has 0 fully saturated rings. The van der Waals surface area contributed by atoms with E-state index in [-0.39, 0.29) is 5.92 Å². The highest BCUT2D eigenvalue weighted by Gasteiger charge is 2.36. The summed E-state index contributed by atoms with van der Waals surface area (Å²) < 4.78 is 13.5. The molecule has 242 valence electrons. The van der Waals surface area contributed by atoms with Gasteiger partial charge in [0, 0.05) is 51.0 Å². The summed E-state index contributed by atoms with van der Waals surface area (Å²) in [6, 6.07) is 59.9. The minimum Gasteiger partial charge on any atom is -0.460 e. The minimum atomic E-state index is 0.103. The normalized spacial score (nSPS) is 14.8. The van der Waals surface area contributed by atoms with E-state index in [0.29, 0.717) is 0 Å². The topological polar surface area (TPSA) is 25.6 Å². The molecule has 7 aromatic carbocycles. The van der Waals surface area contributed by atoms with E-state index in [1.165, 1.54) is 27.8 Å². The van der Waals surface area contributed by atoms with Gasteiger partial charge in [0.25, 0.3) is 0 Å². The fourth-order valence-electron chi connectivity index (χ4n) is 7.77. The molecule has 0 amide bonds. The lowest BCUT2D eigenvalue weighted by Crippen LogP contribution is -2.18. The number of anilines is 2. The Balaban J connectivity index is 1.08. The summed E-state index contributed by atoms with van der Waals surface area (Å²) in [6.45, 7) is 0. The third-order valence-corrected chi connectivity index (χ3v) is 10.2.